The van der Waals surface area contributed by atoms with Crippen molar-refractivity contribution < 1.29 is 40.9 Å². The zero-order valence-corrected chi connectivity index (χ0v) is 5.88. The van der Waals surface area contributed by atoms with Crippen LogP contribution < -0.4 is 29.6 Å². The van der Waals surface area contributed by atoms with E-state index in [1.807, 2.05) is 0 Å². The van der Waals surface area contributed by atoms with Crippen molar-refractivity contribution >= 4 is 11.9 Å². The summed E-state index contributed by atoms with van der Waals surface area (Å²) in [6, 6.07) is 0. The summed E-state index contributed by atoms with van der Waals surface area (Å²) < 4.78 is 6.47. The van der Waals surface area contributed by atoms with Crippen LogP contribution in [-0.2, 0) is 0 Å². The van der Waals surface area contributed by atoms with Crippen molar-refractivity contribution in [1.29, 1.82) is 0 Å². The van der Waals surface area contributed by atoms with Crippen molar-refractivity contribution in [2.75, 3.05) is 0 Å². The van der Waals surface area contributed by atoms with Crippen LogP contribution >= 0.6 is 11.9 Å². The second-order valence-electron chi connectivity index (χ2n) is 0.0816. The summed E-state index contributed by atoms with van der Waals surface area (Å²) in [6.45, 7) is 0. The molecule has 6 heavy (non-hydrogen) atoms. The zero-order valence-electron chi connectivity index (χ0n) is 4.13. The first-order valence-corrected chi connectivity index (χ1v) is 0.890. The van der Waals surface area contributed by atoms with Gasteiger partial charge in [0.25, 0.3) is 0 Å². The van der Waals surface area contributed by atoms with Crippen molar-refractivity contribution in [2.24, 2.45) is 5.34 Å². The van der Waals surface area contributed by atoms with Gasteiger partial charge in [-0.15, -0.1) is 4.91 Å². The van der Waals surface area contributed by atoms with Gasteiger partial charge in [-0.25, -0.2) is 0 Å². The molecular weight excluding hydrogens is 120 g/mol. The van der Waals surface area contributed by atoms with E-state index in [9.17, 15) is 0 Å². The van der Waals surface area contributed by atoms with Gasteiger partial charge in [0.1, 0.15) is 0 Å². The maximum absolute atomic E-state index is 8.11. The normalized spacial score (nSPS) is 3.00. The quantitative estimate of drug-likeness (QED) is 0.211. The molecule has 0 amide bonds. The van der Waals surface area contributed by atoms with E-state index in [0.717, 1.165) is 0 Å². The molecule has 0 atom stereocenters. The van der Waals surface area contributed by atoms with E-state index in [4.69, 9.17) is 14.8 Å². The third-order valence-corrected chi connectivity index (χ3v) is 0. The average molecular weight is 123 g/mol. The van der Waals surface area contributed by atoms with Crippen LogP contribution in [0.2, 0.25) is 0 Å². The van der Waals surface area contributed by atoms with Crippen LogP contribution in [0.4, 0.5) is 0 Å². The van der Waals surface area contributed by atoms with Crippen molar-refractivity contribution in [3.8, 4) is 0 Å². The molecule has 0 aliphatic carbocycles. The molecular formula is H3ClNNaO3. The van der Waals surface area contributed by atoms with Crippen LogP contribution in [0.25, 0.3) is 0 Å². The summed E-state index contributed by atoms with van der Waals surface area (Å²) >= 11 is 3.64. The SMILES string of the molecule is O=NO.OCl.[H-].[Na+]. The van der Waals surface area contributed by atoms with Crippen LogP contribution in [-0.4, -0.2) is 9.87 Å². The molecule has 0 saturated carbocycles. The van der Waals surface area contributed by atoms with Gasteiger partial charge in [0, 0.05) is 0 Å². The molecule has 0 aliphatic heterocycles. The first-order valence-electron chi connectivity index (χ1n) is 0.552. The molecule has 0 aromatic rings. The fourth-order valence-electron chi connectivity index (χ4n) is 0. The summed E-state index contributed by atoms with van der Waals surface area (Å²) in [6.07, 6.45) is 0. The van der Waals surface area contributed by atoms with Crippen molar-refractivity contribution in [3.05, 3.63) is 4.91 Å². The Morgan fingerprint density at radius 1 is 1.67 bits per heavy atom. The molecule has 2 N–H and O–H groups in total. The largest absolute Gasteiger partial charge is 1.00 e. The smallest absolute Gasteiger partial charge is 1.00 e. The molecule has 0 unspecified atom stereocenters. The second-order valence-corrected chi connectivity index (χ2v) is 0.0816. The van der Waals surface area contributed by atoms with Crippen LogP contribution in [0, 0.1) is 4.91 Å². The Kier molecular flexibility index (Phi) is 119. The van der Waals surface area contributed by atoms with Gasteiger partial charge in [-0.1, -0.05) is 0 Å². The molecule has 0 aliphatic rings. The summed E-state index contributed by atoms with van der Waals surface area (Å²) in [5.74, 6) is 0. The molecule has 0 heterocycles. The zero-order chi connectivity index (χ0) is 4.71. The third-order valence-electron chi connectivity index (χ3n) is 0. The minimum Gasteiger partial charge on any atom is -1.00 e. The fourth-order valence-corrected chi connectivity index (χ4v) is 0. The fraction of sp³-hybridized carbons (Fsp3) is 0. The van der Waals surface area contributed by atoms with Gasteiger partial charge in [-0.3, -0.25) is 4.66 Å². The summed E-state index contributed by atoms with van der Waals surface area (Å²) in [7, 11) is 0. The number of nitrogens with zero attached hydrogens (tertiary/aromatic N) is 1. The minimum atomic E-state index is 0. The molecule has 0 saturated heterocycles. The Morgan fingerprint density at radius 2 is 1.67 bits per heavy atom. The molecule has 0 aromatic carbocycles. The molecule has 0 aromatic heterocycles. The Hall–Kier alpha value is 0.650. The number of hydrogen-bond acceptors (Lipinski definition) is 3. The summed E-state index contributed by atoms with van der Waals surface area (Å²) in [4.78, 5) is 8.11. The minimum absolute atomic E-state index is 0. The molecule has 0 rings (SSSR count). The Balaban J connectivity index is -0.0000000105. The van der Waals surface area contributed by atoms with Crippen molar-refractivity contribution in [1.82, 2.24) is 0 Å². The van der Waals surface area contributed by atoms with Crippen LogP contribution in [0.3, 0.4) is 0 Å². The Bertz CT molecular complexity index is 22.4. The summed E-state index contributed by atoms with van der Waals surface area (Å²) in [5, 5.41) is 7.89. The topological polar surface area (TPSA) is 69.9 Å². The van der Waals surface area contributed by atoms with E-state index in [1.165, 1.54) is 5.34 Å². The van der Waals surface area contributed by atoms with Crippen molar-refractivity contribution in [3.63, 3.8) is 0 Å². The van der Waals surface area contributed by atoms with Gasteiger partial charge < -0.3 is 6.63 Å². The molecule has 0 bridgehead atoms. The molecule has 34 valence electrons. The predicted molar refractivity (Wildman–Crippen MR) is 16.8 cm³/mol. The van der Waals surface area contributed by atoms with Gasteiger partial charge in [0.2, 0.25) is 0 Å². The van der Waals surface area contributed by atoms with Gasteiger partial charge in [0.15, 0.2) is 5.34 Å². The van der Waals surface area contributed by atoms with Crippen LogP contribution in [0.1, 0.15) is 1.43 Å². The van der Waals surface area contributed by atoms with E-state index in [-0.39, 0.29) is 31.0 Å². The van der Waals surface area contributed by atoms with Gasteiger partial charge in [0.05, 0.1) is 11.9 Å². The Labute approximate surface area is 63.0 Å². The molecule has 4 nitrogen and oxygen atoms in total. The average Bonchev–Trinajstić information content (AvgIpc) is 1.46. The predicted octanol–water partition coefficient (Wildman–Crippen LogP) is -2.61. The number of rotatable bonds is 0. The van der Waals surface area contributed by atoms with E-state index in [1.54, 1.807) is 0 Å². The third kappa shape index (κ3) is 147. The molecule has 0 fully saturated rings. The second kappa shape index (κ2) is 44.9. The molecule has 0 radical (unpaired) electrons. The number of hydrogen-bond donors (Lipinski definition) is 2. The first kappa shape index (κ1) is 15.9. The van der Waals surface area contributed by atoms with E-state index < -0.39 is 0 Å². The van der Waals surface area contributed by atoms with Gasteiger partial charge in [-0.05, 0) is 0 Å². The Morgan fingerprint density at radius 3 is 1.67 bits per heavy atom. The first-order chi connectivity index (χ1) is 2.41. The molecule has 6 heteroatoms. The molecule has 0 spiro atoms. The van der Waals surface area contributed by atoms with Crippen LogP contribution in [0.15, 0.2) is 5.34 Å². The van der Waals surface area contributed by atoms with E-state index in [0.29, 0.717) is 0 Å². The van der Waals surface area contributed by atoms with Gasteiger partial charge >= 0.3 is 29.6 Å². The standard InChI is InChI=1S/ClHO.HNO2.Na.H/c1-2;2-1-3;;/h2H;(H,2,3);;/q;;+1;-1. The van der Waals surface area contributed by atoms with Gasteiger partial charge in [-0.2, -0.15) is 0 Å². The summed E-state index contributed by atoms with van der Waals surface area (Å²) in [5.41, 5.74) is 0. The maximum Gasteiger partial charge on any atom is 1.00 e. The van der Waals surface area contributed by atoms with Crippen molar-refractivity contribution in [2.45, 2.75) is 0 Å². The van der Waals surface area contributed by atoms with E-state index >= 15 is 0 Å². The maximum atomic E-state index is 8.11. The monoisotopic (exact) mass is 123 g/mol. The number of halogens is 1. The van der Waals surface area contributed by atoms with Crippen LogP contribution in [0.5, 0.6) is 0 Å². The van der Waals surface area contributed by atoms with E-state index in [2.05, 4.69) is 11.9 Å².